The predicted octanol–water partition coefficient (Wildman–Crippen LogP) is 3.00. The van der Waals surface area contributed by atoms with E-state index in [2.05, 4.69) is 22.0 Å². The minimum absolute atomic E-state index is 1.30. The molecule has 1 aromatic heterocycles. The molecular formula is C7H7BrS. The summed E-state index contributed by atoms with van der Waals surface area (Å²) in [5.74, 6) is 0. The molecule has 0 aliphatic heterocycles. The van der Waals surface area contributed by atoms with Gasteiger partial charge >= 0.3 is 0 Å². The Kier molecular flexibility index (Phi) is 1.38. The molecule has 0 spiro atoms. The summed E-state index contributed by atoms with van der Waals surface area (Å²) in [6, 6.07) is 2.26. The molecule has 0 amide bonds. The Morgan fingerprint density at radius 1 is 1.44 bits per heavy atom. The fourth-order valence-electron chi connectivity index (χ4n) is 1.29. The lowest BCUT2D eigenvalue weighted by molar-refractivity contribution is 0.914. The number of hydrogen-bond donors (Lipinski definition) is 0. The third kappa shape index (κ3) is 0.945. The van der Waals surface area contributed by atoms with Crippen molar-refractivity contribution in [3.63, 3.8) is 0 Å². The van der Waals surface area contributed by atoms with Gasteiger partial charge in [0.25, 0.3) is 0 Å². The van der Waals surface area contributed by atoms with Crippen molar-refractivity contribution < 1.29 is 0 Å². The Hall–Kier alpha value is 0.180. The zero-order chi connectivity index (χ0) is 6.27. The van der Waals surface area contributed by atoms with Gasteiger partial charge in [0.2, 0.25) is 0 Å². The molecule has 0 saturated carbocycles. The van der Waals surface area contributed by atoms with E-state index in [-0.39, 0.29) is 0 Å². The Balaban J connectivity index is 2.51. The Bertz CT molecular complexity index is 205. The van der Waals surface area contributed by atoms with Crippen molar-refractivity contribution in [2.45, 2.75) is 19.3 Å². The third-order valence-corrected chi connectivity index (χ3v) is 3.46. The molecule has 9 heavy (non-hydrogen) atoms. The number of rotatable bonds is 0. The van der Waals surface area contributed by atoms with Gasteiger partial charge in [0.15, 0.2) is 0 Å². The van der Waals surface area contributed by atoms with Crippen molar-refractivity contribution in [1.82, 2.24) is 0 Å². The monoisotopic (exact) mass is 202 g/mol. The molecule has 1 aliphatic carbocycles. The largest absolute Gasteiger partial charge is 0.133 e. The van der Waals surface area contributed by atoms with Crippen LogP contribution in [0.4, 0.5) is 0 Å². The van der Waals surface area contributed by atoms with E-state index in [4.69, 9.17) is 0 Å². The van der Waals surface area contributed by atoms with Gasteiger partial charge in [-0.25, -0.2) is 0 Å². The molecule has 0 atom stereocenters. The molecule has 0 aromatic carbocycles. The van der Waals surface area contributed by atoms with Crippen LogP contribution in [0.1, 0.15) is 16.9 Å². The van der Waals surface area contributed by atoms with E-state index in [0.717, 1.165) is 0 Å². The van der Waals surface area contributed by atoms with Crippen molar-refractivity contribution in [2.24, 2.45) is 0 Å². The van der Waals surface area contributed by atoms with Crippen LogP contribution in [0.25, 0.3) is 0 Å². The van der Waals surface area contributed by atoms with Crippen LogP contribution in [0.15, 0.2) is 9.85 Å². The van der Waals surface area contributed by atoms with E-state index in [9.17, 15) is 0 Å². The van der Waals surface area contributed by atoms with Gasteiger partial charge in [0.05, 0.1) is 3.79 Å². The maximum atomic E-state index is 3.48. The van der Waals surface area contributed by atoms with Gasteiger partial charge in [-0.3, -0.25) is 0 Å². The first kappa shape index (κ1) is 5.93. The fourth-order valence-corrected chi connectivity index (χ4v) is 3.13. The summed E-state index contributed by atoms with van der Waals surface area (Å²) in [6.07, 6.45) is 3.98. The van der Waals surface area contributed by atoms with Crippen LogP contribution in [0.2, 0.25) is 0 Å². The topological polar surface area (TPSA) is 0 Å². The first-order chi connectivity index (χ1) is 4.36. The highest BCUT2D eigenvalue weighted by molar-refractivity contribution is 9.11. The highest BCUT2D eigenvalue weighted by Crippen LogP contribution is 2.33. The Labute approximate surface area is 67.0 Å². The van der Waals surface area contributed by atoms with Gasteiger partial charge in [-0.05, 0) is 46.8 Å². The summed E-state index contributed by atoms with van der Waals surface area (Å²) >= 11 is 5.37. The number of aryl methyl sites for hydroxylation is 2. The van der Waals surface area contributed by atoms with Crippen LogP contribution in [0.5, 0.6) is 0 Å². The maximum Gasteiger partial charge on any atom is 0.0704 e. The molecule has 0 N–H and O–H groups in total. The first-order valence-electron chi connectivity index (χ1n) is 3.13. The molecule has 0 bridgehead atoms. The van der Waals surface area contributed by atoms with Crippen LogP contribution in [0, 0.1) is 0 Å². The van der Waals surface area contributed by atoms with Crippen LogP contribution in [0.3, 0.4) is 0 Å². The van der Waals surface area contributed by atoms with E-state index in [1.165, 1.54) is 23.0 Å². The summed E-state index contributed by atoms with van der Waals surface area (Å²) in [5.41, 5.74) is 1.58. The highest BCUT2D eigenvalue weighted by atomic mass is 79.9. The van der Waals surface area contributed by atoms with E-state index in [0.29, 0.717) is 0 Å². The predicted molar refractivity (Wildman–Crippen MR) is 44.0 cm³/mol. The van der Waals surface area contributed by atoms with Crippen molar-refractivity contribution in [3.05, 3.63) is 20.3 Å². The number of thiophene rings is 1. The molecule has 0 radical (unpaired) electrons. The summed E-state index contributed by atoms with van der Waals surface area (Å²) in [5, 5.41) is 0. The molecule has 0 nitrogen and oxygen atoms in total. The lowest BCUT2D eigenvalue weighted by Gasteiger charge is -1.79. The zero-order valence-electron chi connectivity index (χ0n) is 4.98. The molecule has 2 heteroatoms. The van der Waals surface area contributed by atoms with Crippen molar-refractivity contribution in [3.8, 4) is 0 Å². The molecule has 1 heterocycles. The van der Waals surface area contributed by atoms with Crippen LogP contribution in [-0.4, -0.2) is 0 Å². The van der Waals surface area contributed by atoms with E-state index in [1.54, 1.807) is 10.4 Å². The smallest absolute Gasteiger partial charge is 0.0704 e. The quantitative estimate of drug-likeness (QED) is 0.608. The molecule has 1 aromatic rings. The molecule has 2 rings (SSSR count). The summed E-state index contributed by atoms with van der Waals surface area (Å²) in [4.78, 5) is 1.60. The van der Waals surface area contributed by atoms with Gasteiger partial charge in [-0.1, -0.05) is 0 Å². The molecule has 48 valence electrons. The molecule has 1 aliphatic rings. The van der Waals surface area contributed by atoms with Gasteiger partial charge in [0.1, 0.15) is 0 Å². The van der Waals surface area contributed by atoms with Crippen molar-refractivity contribution in [1.29, 1.82) is 0 Å². The fraction of sp³-hybridized carbons (Fsp3) is 0.429. The molecule has 0 unspecified atom stereocenters. The standard InChI is InChI=1S/C7H7BrS/c8-7-4-5-2-1-3-6(5)9-7/h4H,1-3H2. The summed E-state index contributed by atoms with van der Waals surface area (Å²) in [7, 11) is 0. The van der Waals surface area contributed by atoms with E-state index in [1.807, 2.05) is 11.3 Å². The van der Waals surface area contributed by atoms with Gasteiger partial charge < -0.3 is 0 Å². The summed E-state index contributed by atoms with van der Waals surface area (Å²) < 4.78 is 1.30. The van der Waals surface area contributed by atoms with Crippen molar-refractivity contribution >= 4 is 27.3 Å². The Morgan fingerprint density at radius 2 is 2.33 bits per heavy atom. The second-order valence-electron chi connectivity index (χ2n) is 2.35. The van der Waals surface area contributed by atoms with E-state index < -0.39 is 0 Å². The average Bonchev–Trinajstić information content (AvgIpc) is 2.22. The molecule has 0 fully saturated rings. The van der Waals surface area contributed by atoms with Gasteiger partial charge in [-0.15, -0.1) is 11.3 Å². The lowest BCUT2D eigenvalue weighted by Crippen LogP contribution is -1.67. The second-order valence-corrected chi connectivity index (χ2v) is 4.87. The van der Waals surface area contributed by atoms with Gasteiger partial charge in [0, 0.05) is 4.88 Å². The van der Waals surface area contributed by atoms with Crippen LogP contribution < -0.4 is 0 Å². The molecule has 0 saturated heterocycles. The normalized spacial score (nSPS) is 16.1. The van der Waals surface area contributed by atoms with Crippen LogP contribution >= 0.6 is 27.3 Å². The minimum Gasteiger partial charge on any atom is -0.133 e. The highest BCUT2D eigenvalue weighted by Gasteiger charge is 2.12. The Morgan fingerprint density at radius 3 is 3.11 bits per heavy atom. The minimum atomic E-state index is 1.30. The van der Waals surface area contributed by atoms with Gasteiger partial charge in [-0.2, -0.15) is 0 Å². The second kappa shape index (κ2) is 2.10. The maximum absolute atomic E-state index is 3.48. The number of hydrogen-bond acceptors (Lipinski definition) is 1. The number of halogens is 1. The van der Waals surface area contributed by atoms with Crippen molar-refractivity contribution in [2.75, 3.05) is 0 Å². The SMILES string of the molecule is Brc1cc2c(s1)CCC2. The lowest BCUT2D eigenvalue weighted by atomic mass is 10.3. The number of fused-ring (bicyclic) bond motifs is 1. The summed E-state index contributed by atoms with van der Waals surface area (Å²) in [6.45, 7) is 0. The first-order valence-corrected chi connectivity index (χ1v) is 4.74. The zero-order valence-corrected chi connectivity index (χ0v) is 7.39. The van der Waals surface area contributed by atoms with E-state index >= 15 is 0 Å². The third-order valence-electron chi connectivity index (χ3n) is 1.72. The molecular weight excluding hydrogens is 196 g/mol. The average molecular weight is 203 g/mol. The van der Waals surface area contributed by atoms with Crippen LogP contribution in [-0.2, 0) is 12.8 Å².